The number of fused-ring (bicyclic) bond motifs is 1. The van der Waals surface area contributed by atoms with Gasteiger partial charge in [0, 0.05) is 19.0 Å². The number of likely N-dealkylation sites (tertiary alicyclic amines) is 1. The maximum absolute atomic E-state index is 13.7. The maximum Gasteiger partial charge on any atom is 0.249 e. The molecule has 3 saturated carbocycles. The van der Waals surface area contributed by atoms with Crippen LogP contribution in [0.1, 0.15) is 78.6 Å². The van der Waals surface area contributed by atoms with Crippen molar-refractivity contribution in [1.29, 1.82) is 0 Å². The van der Waals surface area contributed by atoms with Crippen molar-refractivity contribution in [3.05, 3.63) is 23.3 Å². The molecule has 0 radical (unpaired) electrons. The molecule has 0 spiro atoms. The summed E-state index contributed by atoms with van der Waals surface area (Å²) >= 11 is 0. The number of halogens is 2. The Bertz CT molecular complexity index is 718. The van der Waals surface area contributed by atoms with Gasteiger partial charge in [-0.1, -0.05) is 37.1 Å². The van der Waals surface area contributed by atoms with Crippen molar-refractivity contribution in [3.63, 3.8) is 0 Å². The van der Waals surface area contributed by atoms with E-state index in [1.807, 2.05) is 0 Å². The summed E-state index contributed by atoms with van der Waals surface area (Å²) in [6, 6.07) is 0. The smallest absolute Gasteiger partial charge is 0.249 e. The summed E-state index contributed by atoms with van der Waals surface area (Å²) in [5.41, 5.74) is 3.00. The molecule has 2 N–H and O–H groups in total. The summed E-state index contributed by atoms with van der Waals surface area (Å²) in [6.45, 7) is 8.19. The highest BCUT2D eigenvalue weighted by atomic mass is 19.3. The SMILES string of the molecule is CC(CN1CCC(C(C)(F)F)C1)[C@H]1CC[C@H]2C(=C/C=C3/C[C@@H](O)C[C@@H](O)C3)CCC[C@]12C. The second-order valence-electron chi connectivity index (χ2n) is 11.8. The lowest BCUT2D eigenvalue weighted by Gasteiger charge is -2.45. The van der Waals surface area contributed by atoms with Gasteiger partial charge < -0.3 is 15.1 Å². The Hall–Kier alpha value is -0.780. The molecule has 3 aliphatic carbocycles. The molecule has 5 heteroatoms. The van der Waals surface area contributed by atoms with E-state index < -0.39 is 24.0 Å². The number of aliphatic hydroxyl groups excluding tert-OH is 2. The number of alkyl halides is 2. The van der Waals surface area contributed by atoms with Gasteiger partial charge in [-0.15, -0.1) is 0 Å². The van der Waals surface area contributed by atoms with Gasteiger partial charge in [-0.3, -0.25) is 0 Å². The normalized spacial score (nSPS) is 42.5. The molecule has 32 heavy (non-hydrogen) atoms. The van der Waals surface area contributed by atoms with Gasteiger partial charge in [0.25, 0.3) is 0 Å². The lowest BCUT2D eigenvalue weighted by Crippen LogP contribution is -2.40. The van der Waals surface area contributed by atoms with Crippen LogP contribution in [0.4, 0.5) is 8.78 Å². The van der Waals surface area contributed by atoms with Crippen molar-refractivity contribution in [1.82, 2.24) is 4.90 Å². The first kappa shape index (κ1) is 24.3. The first-order valence-electron chi connectivity index (χ1n) is 12.9. The van der Waals surface area contributed by atoms with E-state index in [2.05, 4.69) is 30.9 Å². The molecule has 2 unspecified atom stereocenters. The third kappa shape index (κ3) is 5.15. The lowest BCUT2D eigenvalue weighted by atomic mass is 9.61. The van der Waals surface area contributed by atoms with Crippen LogP contribution in [0.2, 0.25) is 0 Å². The van der Waals surface area contributed by atoms with Crippen LogP contribution in [-0.2, 0) is 0 Å². The Morgan fingerprint density at radius 2 is 1.88 bits per heavy atom. The number of aliphatic hydroxyl groups is 2. The standard InChI is InChI=1S/C27H43F2NO2/c1-18(16-30-12-10-21(17-30)27(3,28)29)24-8-9-25-20(5-4-11-26(24,25)2)7-6-19-13-22(31)15-23(32)14-19/h6-7,18,21-25,31-32H,4-5,8-17H2,1-3H3/b19-6-,20-7?/t18?,21?,22-,23+,24-,25+,26-/m1/s1. The highest BCUT2D eigenvalue weighted by molar-refractivity contribution is 5.26. The Morgan fingerprint density at radius 3 is 2.53 bits per heavy atom. The van der Waals surface area contributed by atoms with Gasteiger partial charge in [0.05, 0.1) is 12.2 Å². The predicted octanol–water partition coefficient (Wildman–Crippen LogP) is 5.57. The van der Waals surface area contributed by atoms with Crippen LogP contribution in [0, 0.1) is 29.1 Å². The molecule has 4 rings (SSSR count). The summed E-state index contributed by atoms with van der Waals surface area (Å²) in [6.07, 6.45) is 12.2. The minimum atomic E-state index is -2.57. The van der Waals surface area contributed by atoms with Crippen LogP contribution >= 0.6 is 0 Å². The van der Waals surface area contributed by atoms with E-state index in [1.54, 1.807) is 5.57 Å². The van der Waals surface area contributed by atoms with E-state index in [9.17, 15) is 19.0 Å². The molecule has 4 aliphatic rings. The van der Waals surface area contributed by atoms with Gasteiger partial charge in [0.15, 0.2) is 0 Å². The number of nitrogens with zero attached hydrogens (tertiary/aromatic N) is 1. The number of hydrogen-bond donors (Lipinski definition) is 2. The second kappa shape index (κ2) is 9.46. The van der Waals surface area contributed by atoms with Gasteiger partial charge in [-0.2, -0.15) is 0 Å². The fraction of sp³-hybridized carbons (Fsp3) is 0.852. The van der Waals surface area contributed by atoms with E-state index in [0.29, 0.717) is 55.4 Å². The molecule has 182 valence electrons. The van der Waals surface area contributed by atoms with Gasteiger partial charge in [0.2, 0.25) is 5.92 Å². The molecule has 1 aliphatic heterocycles. The Balaban J connectivity index is 1.41. The average molecular weight is 452 g/mol. The summed E-state index contributed by atoms with van der Waals surface area (Å²) in [7, 11) is 0. The largest absolute Gasteiger partial charge is 0.393 e. The van der Waals surface area contributed by atoms with Crippen molar-refractivity contribution in [2.24, 2.45) is 29.1 Å². The van der Waals surface area contributed by atoms with E-state index in [0.717, 1.165) is 32.0 Å². The predicted molar refractivity (Wildman–Crippen MR) is 125 cm³/mol. The lowest BCUT2D eigenvalue weighted by molar-refractivity contribution is -0.0360. The van der Waals surface area contributed by atoms with Gasteiger partial charge in [-0.05, 0) is 94.4 Å². The van der Waals surface area contributed by atoms with Crippen molar-refractivity contribution in [3.8, 4) is 0 Å². The number of hydrogen-bond acceptors (Lipinski definition) is 3. The molecule has 0 aromatic carbocycles. The van der Waals surface area contributed by atoms with Crippen molar-refractivity contribution in [2.45, 2.75) is 96.7 Å². The molecule has 7 atom stereocenters. The Labute approximate surface area is 193 Å². The first-order valence-corrected chi connectivity index (χ1v) is 12.9. The number of rotatable bonds is 5. The molecule has 1 saturated heterocycles. The van der Waals surface area contributed by atoms with Crippen LogP contribution in [0.15, 0.2) is 23.3 Å². The van der Waals surface area contributed by atoms with Crippen LogP contribution in [0.5, 0.6) is 0 Å². The molecular formula is C27H43F2NO2. The van der Waals surface area contributed by atoms with E-state index in [1.165, 1.54) is 25.7 Å². The van der Waals surface area contributed by atoms with Gasteiger partial charge in [-0.25, -0.2) is 8.78 Å². The third-order valence-electron chi connectivity index (χ3n) is 9.33. The molecule has 3 nitrogen and oxygen atoms in total. The Morgan fingerprint density at radius 1 is 1.16 bits per heavy atom. The zero-order valence-electron chi connectivity index (χ0n) is 20.2. The molecule has 0 aromatic heterocycles. The van der Waals surface area contributed by atoms with E-state index >= 15 is 0 Å². The van der Waals surface area contributed by atoms with Crippen LogP contribution in [-0.4, -0.2) is 52.9 Å². The minimum absolute atomic E-state index is 0.293. The van der Waals surface area contributed by atoms with Crippen LogP contribution in [0.25, 0.3) is 0 Å². The van der Waals surface area contributed by atoms with E-state index in [4.69, 9.17) is 0 Å². The molecule has 1 heterocycles. The second-order valence-corrected chi connectivity index (χ2v) is 11.8. The molecule has 0 amide bonds. The average Bonchev–Trinajstić information content (AvgIpc) is 3.29. The zero-order chi connectivity index (χ0) is 23.1. The van der Waals surface area contributed by atoms with Crippen LogP contribution in [0.3, 0.4) is 0 Å². The first-order chi connectivity index (χ1) is 15.1. The molecule has 4 fully saturated rings. The molecule has 0 aromatic rings. The fourth-order valence-electron chi connectivity index (χ4n) is 7.69. The maximum atomic E-state index is 13.7. The quantitative estimate of drug-likeness (QED) is 0.574. The highest BCUT2D eigenvalue weighted by Gasteiger charge is 2.51. The minimum Gasteiger partial charge on any atom is -0.393 e. The number of allylic oxidation sites excluding steroid dienone is 3. The topological polar surface area (TPSA) is 43.7 Å². The summed E-state index contributed by atoms with van der Waals surface area (Å²) in [4.78, 5) is 2.28. The summed E-state index contributed by atoms with van der Waals surface area (Å²) < 4.78 is 27.5. The summed E-state index contributed by atoms with van der Waals surface area (Å²) in [5, 5.41) is 20.0. The van der Waals surface area contributed by atoms with Gasteiger partial charge in [0.1, 0.15) is 0 Å². The third-order valence-corrected chi connectivity index (χ3v) is 9.33. The summed E-state index contributed by atoms with van der Waals surface area (Å²) in [5.74, 6) is -1.29. The fourth-order valence-corrected chi connectivity index (χ4v) is 7.69. The van der Waals surface area contributed by atoms with E-state index in [-0.39, 0.29) is 0 Å². The van der Waals surface area contributed by atoms with Crippen molar-refractivity contribution in [2.75, 3.05) is 19.6 Å². The zero-order valence-corrected chi connectivity index (χ0v) is 20.2. The molecule has 0 bridgehead atoms. The van der Waals surface area contributed by atoms with Crippen molar-refractivity contribution >= 4 is 0 Å². The Kier molecular flexibility index (Phi) is 7.20. The van der Waals surface area contributed by atoms with Crippen LogP contribution < -0.4 is 0 Å². The monoisotopic (exact) mass is 451 g/mol. The van der Waals surface area contributed by atoms with Crippen molar-refractivity contribution < 1.29 is 19.0 Å². The van der Waals surface area contributed by atoms with Gasteiger partial charge >= 0.3 is 0 Å². The highest BCUT2D eigenvalue weighted by Crippen LogP contribution is 2.59. The molecular weight excluding hydrogens is 408 g/mol.